The molecule has 0 saturated carbocycles. The van der Waals surface area contributed by atoms with Crippen molar-refractivity contribution in [3.8, 4) is 16.9 Å². The smallest absolute Gasteiger partial charge is 0.354 e. The molecule has 142 valence electrons. The van der Waals surface area contributed by atoms with Gasteiger partial charge in [-0.15, -0.1) is 0 Å². The number of amides is 1. The SMILES string of the molecule is COC(=O)/C(=C\c1ccccc2c(OC(=O)C(C)(C)C)ccc1-2)NC(C)=O. The van der Waals surface area contributed by atoms with Crippen LogP contribution in [0.2, 0.25) is 0 Å². The summed E-state index contributed by atoms with van der Waals surface area (Å²) in [6, 6.07) is 10.7. The first-order valence-electron chi connectivity index (χ1n) is 8.45. The van der Waals surface area contributed by atoms with Gasteiger partial charge in [0.25, 0.3) is 0 Å². The van der Waals surface area contributed by atoms with Crippen molar-refractivity contribution >= 4 is 23.9 Å². The Morgan fingerprint density at radius 2 is 1.67 bits per heavy atom. The van der Waals surface area contributed by atoms with Crippen molar-refractivity contribution in [3.63, 3.8) is 0 Å². The summed E-state index contributed by atoms with van der Waals surface area (Å²) < 4.78 is 10.3. The van der Waals surface area contributed by atoms with E-state index in [1.165, 1.54) is 20.1 Å². The third-order valence-electron chi connectivity index (χ3n) is 3.75. The fourth-order valence-corrected chi connectivity index (χ4v) is 2.36. The van der Waals surface area contributed by atoms with Crippen LogP contribution in [0.15, 0.2) is 42.1 Å². The number of hydrogen-bond donors (Lipinski definition) is 1. The zero-order chi connectivity index (χ0) is 20.2. The lowest BCUT2D eigenvalue weighted by molar-refractivity contribution is -0.143. The topological polar surface area (TPSA) is 81.7 Å². The Labute approximate surface area is 158 Å². The molecule has 6 nitrogen and oxygen atoms in total. The van der Waals surface area contributed by atoms with Gasteiger partial charge >= 0.3 is 11.9 Å². The number of nitrogens with one attached hydrogen (secondary N) is 1. The van der Waals surface area contributed by atoms with E-state index in [4.69, 9.17) is 9.47 Å². The van der Waals surface area contributed by atoms with Crippen LogP contribution in [-0.2, 0) is 19.1 Å². The summed E-state index contributed by atoms with van der Waals surface area (Å²) in [5.74, 6) is -0.941. The molecule has 0 atom stereocenters. The summed E-state index contributed by atoms with van der Waals surface area (Å²) in [6.07, 6.45) is 1.53. The number of esters is 2. The van der Waals surface area contributed by atoms with Crippen LogP contribution in [0.4, 0.5) is 0 Å². The van der Waals surface area contributed by atoms with E-state index in [9.17, 15) is 14.4 Å². The molecule has 1 amide bonds. The van der Waals surface area contributed by atoms with Crippen molar-refractivity contribution in [1.82, 2.24) is 5.32 Å². The molecule has 0 aliphatic heterocycles. The zero-order valence-corrected chi connectivity index (χ0v) is 16.1. The summed E-state index contributed by atoms with van der Waals surface area (Å²) in [6.45, 7) is 6.66. The summed E-state index contributed by atoms with van der Waals surface area (Å²) in [5.41, 5.74) is 1.54. The number of carbonyl (C=O) groups excluding carboxylic acids is 3. The van der Waals surface area contributed by atoms with Crippen molar-refractivity contribution in [2.75, 3.05) is 7.11 Å². The van der Waals surface area contributed by atoms with Gasteiger partial charge in [0.15, 0.2) is 0 Å². The second-order valence-corrected chi connectivity index (χ2v) is 7.07. The highest BCUT2D eigenvalue weighted by Gasteiger charge is 2.25. The highest BCUT2D eigenvalue weighted by Crippen LogP contribution is 2.37. The second kappa shape index (κ2) is 8.03. The van der Waals surface area contributed by atoms with Crippen LogP contribution in [0.25, 0.3) is 17.2 Å². The lowest BCUT2D eigenvalue weighted by Gasteiger charge is -2.16. The standard InChI is InChI=1S/C21H23NO5/c1-13(23)22-17(19(24)26-5)12-14-8-6-7-9-16-15(14)10-11-18(16)27-20(25)21(2,3)4/h6-12H,1-5H3,(H,22,23)/b17-12+. The van der Waals surface area contributed by atoms with Gasteiger partial charge in [-0.1, -0.05) is 24.3 Å². The van der Waals surface area contributed by atoms with E-state index in [-0.39, 0.29) is 17.6 Å². The quantitative estimate of drug-likeness (QED) is 0.660. The lowest BCUT2D eigenvalue weighted by Crippen LogP contribution is -2.25. The predicted molar refractivity (Wildman–Crippen MR) is 102 cm³/mol. The molecule has 0 fully saturated rings. The fraction of sp³-hybridized carbons (Fsp3) is 0.286. The number of fused-ring (bicyclic) bond motifs is 1. The summed E-state index contributed by atoms with van der Waals surface area (Å²) in [5, 5.41) is 2.48. The van der Waals surface area contributed by atoms with Crippen LogP contribution in [-0.4, -0.2) is 25.0 Å². The first kappa shape index (κ1) is 20.2. The molecule has 0 saturated heterocycles. The number of methoxy groups -OCH3 is 1. The van der Waals surface area contributed by atoms with Crippen molar-refractivity contribution in [2.24, 2.45) is 5.41 Å². The van der Waals surface area contributed by atoms with E-state index in [0.717, 1.165) is 11.1 Å². The predicted octanol–water partition coefficient (Wildman–Crippen LogP) is 3.39. The average Bonchev–Trinajstić information content (AvgIpc) is 2.86. The van der Waals surface area contributed by atoms with Gasteiger partial charge < -0.3 is 14.8 Å². The van der Waals surface area contributed by atoms with Gasteiger partial charge in [0.2, 0.25) is 5.91 Å². The summed E-state index contributed by atoms with van der Waals surface area (Å²) in [7, 11) is 1.24. The molecule has 1 N–H and O–H groups in total. The van der Waals surface area contributed by atoms with E-state index in [1.54, 1.807) is 45.0 Å². The van der Waals surface area contributed by atoms with Crippen molar-refractivity contribution in [3.05, 3.63) is 47.7 Å². The van der Waals surface area contributed by atoms with Crippen LogP contribution in [0.1, 0.15) is 33.3 Å². The molecule has 2 aliphatic carbocycles. The maximum Gasteiger partial charge on any atom is 0.354 e. The number of rotatable bonds is 4. The van der Waals surface area contributed by atoms with Gasteiger partial charge in [-0.2, -0.15) is 0 Å². The maximum absolute atomic E-state index is 12.2. The molecule has 0 unspecified atom stereocenters. The van der Waals surface area contributed by atoms with Crippen molar-refractivity contribution < 1.29 is 23.9 Å². The molecular weight excluding hydrogens is 346 g/mol. The Morgan fingerprint density at radius 3 is 2.26 bits per heavy atom. The highest BCUT2D eigenvalue weighted by atomic mass is 16.5. The molecule has 0 heterocycles. The van der Waals surface area contributed by atoms with Crippen LogP contribution in [0.5, 0.6) is 5.75 Å². The molecule has 27 heavy (non-hydrogen) atoms. The average molecular weight is 369 g/mol. The van der Waals surface area contributed by atoms with Crippen LogP contribution in [0, 0.1) is 5.41 Å². The minimum absolute atomic E-state index is 0.0203. The maximum atomic E-state index is 12.2. The first-order valence-corrected chi connectivity index (χ1v) is 8.45. The molecule has 0 bridgehead atoms. The molecule has 2 rings (SSSR count). The lowest BCUT2D eigenvalue weighted by atomic mass is 9.97. The first-order chi connectivity index (χ1) is 12.6. The van der Waals surface area contributed by atoms with E-state index >= 15 is 0 Å². The van der Waals surface area contributed by atoms with Gasteiger partial charge in [-0.25, -0.2) is 4.79 Å². The van der Waals surface area contributed by atoms with Gasteiger partial charge in [-0.3, -0.25) is 9.59 Å². The summed E-state index contributed by atoms with van der Waals surface area (Å²) in [4.78, 5) is 35.6. The number of carbonyl (C=O) groups is 3. The van der Waals surface area contributed by atoms with Gasteiger partial charge in [0.1, 0.15) is 11.4 Å². The Kier molecular flexibility index (Phi) is 6.00. The second-order valence-electron chi connectivity index (χ2n) is 7.07. The zero-order valence-electron chi connectivity index (χ0n) is 16.1. The monoisotopic (exact) mass is 369 g/mol. The third-order valence-corrected chi connectivity index (χ3v) is 3.75. The van der Waals surface area contributed by atoms with Gasteiger partial charge in [-0.05, 0) is 50.1 Å². The fourth-order valence-electron chi connectivity index (χ4n) is 2.36. The number of hydrogen-bond acceptors (Lipinski definition) is 5. The molecule has 0 aromatic carbocycles. The van der Waals surface area contributed by atoms with Gasteiger partial charge in [0.05, 0.1) is 12.5 Å². The minimum atomic E-state index is -0.657. The van der Waals surface area contributed by atoms with Crippen LogP contribution < -0.4 is 10.1 Å². The van der Waals surface area contributed by atoms with Crippen molar-refractivity contribution in [2.45, 2.75) is 27.7 Å². The molecule has 0 spiro atoms. The molecule has 0 radical (unpaired) electrons. The molecule has 0 aromatic heterocycles. The Balaban J connectivity index is 2.48. The third kappa shape index (κ3) is 4.94. The Hall–Kier alpha value is -3.15. The van der Waals surface area contributed by atoms with E-state index < -0.39 is 11.4 Å². The molecule has 0 aromatic rings. The van der Waals surface area contributed by atoms with Crippen LogP contribution >= 0.6 is 0 Å². The molecule has 6 heteroatoms. The van der Waals surface area contributed by atoms with E-state index in [0.29, 0.717) is 11.3 Å². The van der Waals surface area contributed by atoms with Gasteiger partial charge in [0, 0.05) is 12.5 Å². The largest absolute Gasteiger partial charge is 0.464 e. The molecule has 2 aliphatic rings. The summed E-state index contributed by atoms with van der Waals surface area (Å²) >= 11 is 0. The Bertz CT molecular complexity index is 877. The van der Waals surface area contributed by atoms with Crippen molar-refractivity contribution in [1.29, 1.82) is 0 Å². The number of ether oxygens (including phenoxy) is 2. The van der Waals surface area contributed by atoms with Crippen LogP contribution in [0.3, 0.4) is 0 Å². The normalized spacial score (nSPS) is 11.8. The van der Waals surface area contributed by atoms with E-state index in [2.05, 4.69) is 5.32 Å². The van der Waals surface area contributed by atoms with E-state index in [1.807, 2.05) is 12.1 Å². The minimum Gasteiger partial charge on any atom is -0.464 e. The Morgan fingerprint density at radius 1 is 1.00 bits per heavy atom. The molecular formula is C21H23NO5. The highest BCUT2D eigenvalue weighted by molar-refractivity contribution is 5.99.